The fourth-order valence-corrected chi connectivity index (χ4v) is 5.10. The lowest BCUT2D eigenvalue weighted by Crippen LogP contribution is -2.40. The van der Waals surface area contributed by atoms with Crippen molar-refractivity contribution in [1.29, 1.82) is 0 Å². The van der Waals surface area contributed by atoms with Gasteiger partial charge in [0.15, 0.2) is 5.65 Å². The summed E-state index contributed by atoms with van der Waals surface area (Å²) in [5.74, 6) is 0.0360. The van der Waals surface area contributed by atoms with E-state index < -0.39 is 0 Å². The van der Waals surface area contributed by atoms with Crippen molar-refractivity contribution in [2.24, 2.45) is 0 Å². The molecule has 1 aromatic carbocycles. The molecule has 5 rings (SSSR count). The van der Waals surface area contributed by atoms with Crippen molar-refractivity contribution in [3.8, 4) is 10.6 Å². The summed E-state index contributed by atoms with van der Waals surface area (Å²) in [5.41, 5.74) is 8.22. The predicted octanol–water partition coefficient (Wildman–Crippen LogP) is 3.74. The Morgan fingerprint density at radius 2 is 2.00 bits per heavy atom. The van der Waals surface area contributed by atoms with Gasteiger partial charge in [-0.2, -0.15) is 5.10 Å². The highest BCUT2D eigenvalue weighted by atomic mass is 32.1. The van der Waals surface area contributed by atoms with Crippen molar-refractivity contribution in [3.63, 3.8) is 0 Å². The van der Waals surface area contributed by atoms with Gasteiger partial charge >= 0.3 is 0 Å². The van der Waals surface area contributed by atoms with Gasteiger partial charge in [0.25, 0.3) is 5.91 Å². The highest BCUT2D eigenvalue weighted by Crippen LogP contribution is 2.37. The third-order valence-electron chi connectivity index (χ3n) is 5.84. The first-order valence-corrected chi connectivity index (χ1v) is 11.7. The third kappa shape index (κ3) is 4.03. The van der Waals surface area contributed by atoms with Gasteiger partial charge in [-0.15, -0.1) is 11.3 Å². The molecular formula is C24H23N7O2S. The number of para-hydroxylation sites is 1. The van der Waals surface area contributed by atoms with Crippen LogP contribution in [0.2, 0.25) is 0 Å². The molecule has 10 heteroatoms. The predicted molar refractivity (Wildman–Crippen MR) is 132 cm³/mol. The van der Waals surface area contributed by atoms with Gasteiger partial charge in [-0.05, 0) is 43.2 Å². The Kier molecular flexibility index (Phi) is 5.81. The molecule has 34 heavy (non-hydrogen) atoms. The van der Waals surface area contributed by atoms with Gasteiger partial charge in [-0.1, -0.05) is 24.8 Å². The Bertz CT molecular complexity index is 1380. The number of hydrogen-bond acceptors (Lipinski definition) is 7. The minimum atomic E-state index is -0.193. The number of anilines is 2. The molecule has 0 bridgehead atoms. The molecule has 1 saturated heterocycles. The summed E-state index contributed by atoms with van der Waals surface area (Å²) in [7, 11) is 0. The number of nitrogens with zero attached hydrogens (tertiary/aromatic N) is 5. The summed E-state index contributed by atoms with van der Waals surface area (Å²) in [6.45, 7) is 4.80. The number of rotatable bonds is 5. The second-order valence-electron chi connectivity index (χ2n) is 8.02. The number of nitrogens with two attached hydrogens (primary N) is 1. The lowest BCUT2D eigenvalue weighted by Gasteiger charge is -2.32. The summed E-state index contributed by atoms with van der Waals surface area (Å²) >= 11 is 1.33. The Balaban J connectivity index is 1.50. The number of benzene rings is 1. The molecule has 1 fully saturated rings. The van der Waals surface area contributed by atoms with Crippen LogP contribution in [0.3, 0.4) is 0 Å². The van der Waals surface area contributed by atoms with Crippen LogP contribution in [-0.2, 0) is 4.79 Å². The zero-order chi connectivity index (χ0) is 23.7. The second-order valence-corrected chi connectivity index (χ2v) is 9.10. The number of aromatic nitrogens is 4. The van der Waals surface area contributed by atoms with Crippen molar-refractivity contribution < 1.29 is 9.59 Å². The first kappa shape index (κ1) is 21.8. The maximum atomic E-state index is 12.7. The quantitative estimate of drug-likeness (QED) is 0.426. The lowest BCUT2D eigenvalue weighted by atomic mass is 10.1. The molecule has 3 N–H and O–H groups in total. The number of carbonyl (C=O) groups is 2. The Morgan fingerprint density at radius 3 is 2.79 bits per heavy atom. The molecular weight excluding hydrogens is 450 g/mol. The van der Waals surface area contributed by atoms with E-state index in [0.29, 0.717) is 40.5 Å². The van der Waals surface area contributed by atoms with E-state index in [9.17, 15) is 9.59 Å². The number of piperidine rings is 1. The van der Waals surface area contributed by atoms with Crippen molar-refractivity contribution >= 4 is 45.7 Å². The van der Waals surface area contributed by atoms with Crippen LogP contribution in [0, 0.1) is 0 Å². The van der Waals surface area contributed by atoms with E-state index in [1.54, 1.807) is 11.0 Å². The Hall–Kier alpha value is -4.05. The average Bonchev–Trinajstić information content (AvgIpc) is 3.50. The standard InChI is InChI=1S/C24H23N7O2S/c1-2-19(32)30-12-6-9-16(13-30)31-23-20(22(25)26-14-27-23)21(29-31)17-10-11-18(34-17)24(33)28-15-7-4-3-5-8-15/h2-5,7-8,10-11,14,16H,1,6,9,12-13H2,(H,28,33)(H2,25,26,27)/t16-/m1/s1. The van der Waals surface area contributed by atoms with E-state index >= 15 is 0 Å². The van der Waals surface area contributed by atoms with Crippen LogP contribution < -0.4 is 11.1 Å². The summed E-state index contributed by atoms with van der Waals surface area (Å²) in [5, 5.41) is 8.41. The lowest BCUT2D eigenvalue weighted by molar-refractivity contribution is -0.127. The molecule has 172 valence electrons. The van der Waals surface area contributed by atoms with E-state index in [1.807, 2.05) is 41.1 Å². The molecule has 3 aromatic heterocycles. The molecule has 0 radical (unpaired) electrons. The molecule has 4 heterocycles. The molecule has 0 saturated carbocycles. The normalized spacial score (nSPS) is 15.9. The van der Waals surface area contributed by atoms with E-state index in [1.165, 1.54) is 23.7 Å². The summed E-state index contributed by atoms with van der Waals surface area (Å²) in [6, 6.07) is 12.9. The van der Waals surface area contributed by atoms with E-state index in [0.717, 1.165) is 23.4 Å². The zero-order valence-corrected chi connectivity index (χ0v) is 19.2. The molecule has 2 amide bonds. The average molecular weight is 474 g/mol. The van der Waals surface area contributed by atoms with Crippen molar-refractivity contribution in [2.75, 3.05) is 24.1 Å². The van der Waals surface area contributed by atoms with Gasteiger partial charge < -0.3 is 16.0 Å². The van der Waals surface area contributed by atoms with Gasteiger partial charge in [0.2, 0.25) is 5.91 Å². The number of fused-ring (bicyclic) bond motifs is 1. The number of nitrogens with one attached hydrogen (secondary N) is 1. The first-order valence-electron chi connectivity index (χ1n) is 10.9. The summed E-state index contributed by atoms with van der Waals surface area (Å²) in [4.78, 5) is 36.7. The van der Waals surface area contributed by atoms with Gasteiger partial charge in [0.1, 0.15) is 17.8 Å². The van der Waals surface area contributed by atoms with Crippen molar-refractivity contribution in [1.82, 2.24) is 24.6 Å². The number of thiophene rings is 1. The fourth-order valence-electron chi connectivity index (χ4n) is 4.21. The molecule has 4 aromatic rings. The maximum absolute atomic E-state index is 12.7. The fraction of sp³-hybridized carbons (Fsp3) is 0.208. The van der Waals surface area contributed by atoms with E-state index in [4.69, 9.17) is 10.8 Å². The summed E-state index contributed by atoms with van der Waals surface area (Å²) in [6.07, 6.45) is 4.46. The number of nitrogen functional groups attached to an aromatic ring is 1. The Morgan fingerprint density at radius 1 is 1.18 bits per heavy atom. The summed E-state index contributed by atoms with van der Waals surface area (Å²) < 4.78 is 1.84. The molecule has 0 spiro atoms. The second kappa shape index (κ2) is 9.06. The van der Waals surface area contributed by atoms with E-state index in [-0.39, 0.29) is 17.9 Å². The highest BCUT2D eigenvalue weighted by molar-refractivity contribution is 7.17. The van der Waals surface area contributed by atoms with Crippen molar-refractivity contribution in [2.45, 2.75) is 18.9 Å². The van der Waals surface area contributed by atoms with Gasteiger partial charge in [-0.3, -0.25) is 9.59 Å². The topological polar surface area (TPSA) is 119 Å². The number of hydrogen-bond donors (Lipinski definition) is 2. The van der Waals surface area contributed by atoms with Crippen LogP contribution in [0.4, 0.5) is 11.5 Å². The smallest absolute Gasteiger partial charge is 0.265 e. The molecule has 1 aliphatic rings. The van der Waals surface area contributed by atoms with Crippen LogP contribution in [0.5, 0.6) is 0 Å². The molecule has 0 aliphatic carbocycles. The molecule has 9 nitrogen and oxygen atoms in total. The van der Waals surface area contributed by atoms with Gasteiger partial charge in [0, 0.05) is 18.8 Å². The SMILES string of the molecule is C=CC(=O)N1CCC[C@@H](n2nc(-c3ccc(C(=O)Nc4ccccc4)s3)c3c(N)ncnc32)C1. The first-order chi connectivity index (χ1) is 16.5. The number of likely N-dealkylation sites (tertiary alicyclic amines) is 1. The largest absolute Gasteiger partial charge is 0.383 e. The van der Waals surface area contributed by atoms with Gasteiger partial charge in [0.05, 0.1) is 21.2 Å². The maximum Gasteiger partial charge on any atom is 0.265 e. The highest BCUT2D eigenvalue weighted by Gasteiger charge is 2.28. The molecule has 0 unspecified atom stereocenters. The van der Waals surface area contributed by atoms with Crippen LogP contribution in [0.25, 0.3) is 21.6 Å². The monoisotopic (exact) mass is 473 g/mol. The van der Waals surface area contributed by atoms with Crippen LogP contribution in [0.15, 0.2) is 61.4 Å². The number of amides is 2. The van der Waals surface area contributed by atoms with Gasteiger partial charge in [-0.25, -0.2) is 14.6 Å². The zero-order valence-electron chi connectivity index (χ0n) is 18.3. The van der Waals surface area contributed by atoms with Crippen LogP contribution in [-0.4, -0.2) is 49.6 Å². The van der Waals surface area contributed by atoms with Crippen LogP contribution >= 0.6 is 11.3 Å². The number of carbonyl (C=O) groups excluding carboxylic acids is 2. The van der Waals surface area contributed by atoms with Crippen LogP contribution in [0.1, 0.15) is 28.6 Å². The van der Waals surface area contributed by atoms with E-state index in [2.05, 4.69) is 21.9 Å². The Labute approximate surface area is 199 Å². The van der Waals surface area contributed by atoms with Crippen molar-refractivity contribution in [3.05, 3.63) is 66.3 Å². The minimum Gasteiger partial charge on any atom is -0.383 e. The molecule has 1 atom stereocenters. The third-order valence-corrected chi connectivity index (χ3v) is 6.93. The minimum absolute atomic E-state index is 0.0518. The molecule has 1 aliphatic heterocycles.